The molecule has 25 heavy (non-hydrogen) atoms. The summed E-state index contributed by atoms with van der Waals surface area (Å²) < 4.78 is 1.74. The van der Waals surface area contributed by atoms with E-state index in [1.807, 2.05) is 6.92 Å². The Labute approximate surface area is 146 Å². The maximum atomic E-state index is 12.1. The van der Waals surface area contributed by atoms with Crippen molar-refractivity contribution < 1.29 is 4.79 Å². The van der Waals surface area contributed by atoms with Gasteiger partial charge in [-0.25, -0.2) is 14.6 Å². The van der Waals surface area contributed by atoms with E-state index in [4.69, 9.17) is 5.73 Å². The van der Waals surface area contributed by atoms with Crippen molar-refractivity contribution in [2.45, 2.75) is 33.2 Å². The molecular weight excluding hydrogens is 316 g/mol. The zero-order valence-electron chi connectivity index (χ0n) is 14.5. The fourth-order valence-electron chi connectivity index (χ4n) is 2.57. The standard InChI is InChI=1S/C18H22N6O/c1-3-9-20-18(25)16-22-15(19)14-10-21-24(17(14)23-16)11-13-7-5-12(4-2)6-8-13/h5-8,10H,3-4,9,11H2,1-2H3,(H,20,25)(H2,19,22,23). The average molecular weight is 338 g/mol. The molecule has 0 aliphatic heterocycles. The van der Waals surface area contributed by atoms with Crippen LogP contribution in [0.1, 0.15) is 42.0 Å². The lowest BCUT2D eigenvalue weighted by molar-refractivity contribution is 0.0943. The summed E-state index contributed by atoms with van der Waals surface area (Å²) in [6, 6.07) is 8.36. The molecule has 2 heterocycles. The first-order valence-electron chi connectivity index (χ1n) is 8.47. The number of aromatic nitrogens is 4. The van der Waals surface area contributed by atoms with Gasteiger partial charge < -0.3 is 11.1 Å². The monoisotopic (exact) mass is 338 g/mol. The van der Waals surface area contributed by atoms with Gasteiger partial charge in [0.15, 0.2) is 5.65 Å². The van der Waals surface area contributed by atoms with E-state index in [-0.39, 0.29) is 17.5 Å². The maximum absolute atomic E-state index is 12.1. The minimum Gasteiger partial charge on any atom is -0.383 e. The molecule has 2 aromatic heterocycles. The molecule has 0 fully saturated rings. The van der Waals surface area contributed by atoms with Crippen LogP contribution < -0.4 is 11.1 Å². The molecule has 1 aromatic carbocycles. The fourth-order valence-corrected chi connectivity index (χ4v) is 2.57. The molecule has 0 saturated heterocycles. The Bertz CT molecular complexity index is 884. The van der Waals surface area contributed by atoms with Gasteiger partial charge in [-0.05, 0) is 24.0 Å². The highest BCUT2D eigenvalue weighted by Crippen LogP contribution is 2.18. The molecule has 3 rings (SSSR count). The predicted molar refractivity (Wildman–Crippen MR) is 97.3 cm³/mol. The summed E-state index contributed by atoms with van der Waals surface area (Å²) in [5.74, 6) is 0.0104. The number of anilines is 1. The minimum atomic E-state index is -0.324. The second-order valence-electron chi connectivity index (χ2n) is 5.90. The number of nitrogens with zero attached hydrogens (tertiary/aromatic N) is 4. The van der Waals surface area contributed by atoms with Gasteiger partial charge >= 0.3 is 0 Å². The van der Waals surface area contributed by atoms with E-state index in [9.17, 15) is 4.79 Å². The number of nitrogens with two attached hydrogens (primary N) is 1. The fraction of sp³-hybridized carbons (Fsp3) is 0.333. The van der Waals surface area contributed by atoms with E-state index in [0.29, 0.717) is 24.1 Å². The highest BCUT2D eigenvalue weighted by atomic mass is 16.2. The van der Waals surface area contributed by atoms with Crippen LogP contribution in [0.4, 0.5) is 5.82 Å². The quantitative estimate of drug-likeness (QED) is 0.717. The lowest BCUT2D eigenvalue weighted by Gasteiger charge is -2.07. The number of amides is 1. The van der Waals surface area contributed by atoms with Gasteiger partial charge in [0, 0.05) is 6.54 Å². The molecule has 130 valence electrons. The minimum absolute atomic E-state index is 0.0709. The number of aryl methyl sites for hydroxylation is 1. The zero-order valence-corrected chi connectivity index (χ0v) is 14.5. The van der Waals surface area contributed by atoms with E-state index in [1.165, 1.54) is 5.56 Å². The second-order valence-corrected chi connectivity index (χ2v) is 5.90. The number of rotatable bonds is 6. The summed E-state index contributed by atoms with van der Waals surface area (Å²) in [5.41, 5.74) is 8.94. The third kappa shape index (κ3) is 3.60. The largest absolute Gasteiger partial charge is 0.383 e. The molecule has 1 amide bonds. The molecule has 0 aliphatic rings. The summed E-state index contributed by atoms with van der Waals surface area (Å²) >= 11 is 0. The highest BCUT2D eigenvalue weighted by Gasteiger charge is 2.15. The van der Waals surface area contributed by atoms with Crippen molar-refractivity contribution in [3.63, 3.8) is 0 Å². The summed E-state index contributed by atoms with van der Waals surface area (Å²) in [4.78, 5) is 20.6. The summed E-state index contributed by atoms with van der Waals surface area (Å²) in [5, 5.41) is 7.77. The van der Waals surface area contributed by atoms with Crippen LogP contribution in [0.25, 0.3) is 11.0 Å². The predicted octanol–water partition coefficient (Wildman–Crippen LogP) is 2.16. The lowest BCUT2D eigenvalue weighted by atomic mass is 10.1. The van der Waals surface area contributed by atoms with Crippen LogP contribution in [0.3, 0.4) is 0 Å². The highest BCUT2D eigenvalue weighted by molar-refractivity contribution is 5.94. The van der Waals surface area contributed by atoms with Crippen LogP contribution in [-0.4, -0.2) is 32.2 Å². The number of hydrogen-bond donors (Lipinski definition) is 2. The summed E-state index contributed by atoms with van der Waals surface area (Å²) in [6.45, 7) is 5.24. The van der Waals surface area contributed by atoms with E-state index in [2.05, 4.69) is 51.6 Å². The Morgan fingerprint density at radius 3 is 2.56 bits per heavy atom. The van der Waals surface area contributed by atoms with Gasteiger partial charge in [-0.2, -0.15) is 5.10 Å². The average Bonchev–Trinajstić information content (AvgIpc) is 3.03. The topological polar surface area (TPSA) is 98.7 Å². The molecule has 0 aliphatic carbocycles. The first-order chi connectivity index (χ1) is 12.1. The van der Waals surface area contributed by atoms with E-state index < -0.39 is 0 Å². The van der Waals surface area contributed by atoms with Crippen LogP contribution >= 0.6 is 0 Å². The number of nitrogen functional groups attached to an aromatic ring is 1. The van der Waals surface area contributed by atoms with Gasteiger partial charge in [0.1, 0.15) is 5.82 Å². The smallest absolute Gasteiger partial charge is 0.289 e. The third-order valence-electron chi connectivity index (χ3n) is 4.03. The maximum Gasteiger partial charge on any atom is 0.289 e. The van der Waals surface area contributed by atoms with Crippen LogP contribution in [0.2, 0.25) is 0 Å². The van der Waals surface area contributed by atoms with E-state index >= 15 is 0 Å². The first-order valence-corrected chi connectivity index (χ1v) is 8.47. The molecule has 7 heteroatoms. The first kappa shape index (κ1) is 16.9. The van der Waals surface area contributed by atoms with Gasteiger partial charge in [-0.15, -0.1) is 0 Å². The van der Waals surface area contributed by atoms with Gasteiger partial charge in [-0.3, -0.25) is 4.79 Å². The molecule has 0 atom stereocenters. The van der Waals surface area contributed by atoms with Crippen molar-refractivity contribution in [2.75, 3.05) is 12.3 Å². The van der Waals surface area contributed by atoms with Crippen molar-refractivity contribution in [2.24, 2.45) is 0 Å². The molecule has 7 nitrogen and oxygen atoms in total. The van der Waals surface area contributed by atoms with Crippen LogP contribution in [0.15, 0.2) is 30.5 Å². The number of carbonyl (C=O) groups is 1. The molecule has 0 saturated carbocycles. The molecule has 0 bridgehead atoms. The number of carbonyl (C=O) groups excluding carboxylic acids is 1. The zero-order chi connectivity index (χ0) is 17.8. The van der Waals surface area contributed by atoms with Crippen molar-refractivity contribution >= 4 is 22.8 Å². The van der Waals surface area contributed by atoms with Crippen LogP contribution in [0.5, 0.6) is 0 Å². The van der Waals surface area contributed by atoms with Crippen molar-refractivity contribution in [1.29, 1.82) is 0 Å². The third-order valence-corrected chi connectivity index (χ3v) is 4.03. The van der Waals surface area contributed by atoms with Crippen LogP contribution in [0, 0.1) is 0 Å². The van der Waals surface area contributed by atoms with Gasteiger partial charge in [-0.1, -0.05) is 38.1 Å². The van der Waals surface area contributed by atoms with E-state index in [1.54, 1.807) is 10.9 Å². The molecule has 3 aromatic rings. The molecule has 0 unspecified atom stereocenters. The number of nitrogens with one attached hydrogen (secondary N) is 1. The Morgan fingerprint density at radius 2 is 1.88 bits per heavy atom. The van der Waals surface area contributed by atoms with Gasteiger partial charge in [0.2, 0.25) is 5.82 Å². The molecular formula is C18H22N6O. The van der Waals surface area contributed by atoms with Gasteiger partial charge in [0.05, 0.1) is 18.1 Å². The van der Waals surface area contributed by atoms with Crippen molar-refractivity contribution in [3.8, 4) is 0 Å². The Kier molecular flexibility index (Phi) is 4.92. The summed E-state index contributed by atoms with van der Waals surface area (Å²) in [7, 11) is 0. The van der Waals surface area contributed by atoms with Crippen molar-refractivity contribution in [3.05, 3.63) is 47.4 Å². The van der Waals surface area contributed by atoms with E-state index in [0.717, 1.165) is 18.4 Å². The second kappa shape index (κ2) is 7.29. The number of hydrogen-bond acceptors (Lipinski definition) is 5. The normalized spacial score (nSPS) is 11.0. The molecule has 3 N–H and O–H groups in total. The van der Waals surface area contributed by atoms with Gasteiger partial charge in [0.25, 0.3) is 5.91 Å². The number of benzene rings is 1. The lowest BCUT2D eigenvalue weighted by Crippen LogP contribution is -2.26. The molecule has 0 radical (unpaired) electrons. The summed E-state index contributed by atoms with van der Waals surface area (Å²) in [6.07, 6.45) is 3.49. The number of fused-ring (bicyclic) bond motifs is 1. The molecule has 0 spiro atoms. The Morgan fingerprint density at radius 1 is 1.16 bits per heavy atom. The Balaban J connectivity index is 1.92. The Hall–Kier alpha value is -2.96. The van der Waals surface area contributed by atoms with Crippen LogP contribution in [-0.2, 0) is 13.0 Å². The SMILES string of the molecule is CCCNC(=O)c1nc(N)c2cnn(Cc3ccc(CC)cc3)c2n1. The van der Waals surface area contributed by atoms with Crippen molar-refractivity contribution in [1.82, 2.24) is 25.1 Å².